The Bertz CT molecular complexity index is 1600. The summed E-state index contributed by atoms with van der Waals surface area (Å²) < 4.78 is 7.02. The van der Waals surface area contributed by atoms with Crippen LogP contribution in [0.4, 0.5) is 5.69 Å². The first-order valence-electron chi connectivity index (χ1n) is 12.7. The first-order chi connectivity index (χ1) is 19.0. The van der Waals surface area contributed by atoms with Crippen molar-refractivity contribution in [2.24, 2.45) is 0 Å². The average molecular weight is 520 g/mol. The number of para-hydroxylation sites is 2. The van der Waals surface area contributed by atoms with Crippen molar-refractivity contribution >= 4 is 28.5 Å². The number of nitrogens with zero attached hydrogens (tertiary/aromatic N) is 4. The lowest BCUT2D eigenvalue weighted by molar-refractivity contribution is -0.127. The fourth-order valence-electron chi connectivity index (χ4n) is 4.60. The number of aromatic nitrogens is 3. The third-order valence-corrected chi connectivity index (χ3v) is 6.57. The maximum absolute atomic E-state index is 14.2. The second-order valence-electron chi connectivity index (χ2n) is 9.17. The highest BCUT2D eigenvalue weighted by Crippen LogP contribution is 2.32. The van der Waals surface area contributed by atoms with Crippen LogP contribution < -0.4 is 15.0 Å². The minimum absolute atomic E-state index is 0.0960. The van der Waals surface area contributed by atoms with Gasteiger partial charge < -0.3 is 10.1 Å². The SMILES string of the molecule is COc1cccc([C@H](C(=O)NCc2ccccc2)N(C(=O)Cn2nnc3ccccc32)c2ccccc2C)c1. The van der Waals surface area contributed by atoms with Gasteiger partial charge in [0.2, 0.25) is 11.8 Å². The van der Waals surface area contributed by atoms with Crippen LogP contribution in [0.15, 0.2) is 103 Å². The van der Waals surface area contributed by atoms with E-state index in [0.717, 1.165) is 16.6 Å². The number of methoxy groups -OCH3 is 1. The summed E-state index contributed by atoms with van der Waals surface area (Å²) in [7, 11) is 1.57. The molecule has 1 aromatic heterocycles. The molecule has 0 aliphatic rings. The molecule has 39 heavy (non-hydrogen) atoms. The van der Waals surface area contributed by atoms with E-state index in [1.54, 1.807) is 22.8 Å². The van der Waals surface area contributed by atoms with Crippen molar-refractivity contribution in [2.45, 2.75) is 26.1 Å². The Balaban J connectivity index is 1.58. The Labute approximate surface area is 226 Å². The summed E-state index contributed by atoms with van der Waals surface area (Å²) in [6.45, 7) is 2.15. The van der Waals surface area contributed by atoms with Crippen LogP contribution in [-0.4, -0.2) is 33.9 Å². The van der Waals surface area contributed by atoms with E-state index in [4.69, 9.17) is 4.74 Å². The van der Waals surface area contributed by atoms with E-state index in [-0.39, 0.29) is 18.4 Å². The summed E-state index contributed by atoms with van der Waals surface area (Å²) in [5.41, 5.74) is 4.51. The molecule has 0 radical (unpaired) electrons. The molecule has 0 bridgehead atoms. The van der Waals surface area contributed by atoms with Gasteiger partial charge in [0.25, 0.3) is 0 Å². The number of carbonyl (C=O) groups is 2. The highest BCUT2D eigenvalue weighted by atomic mass is 16.5. The summed E-state index contributed by atoms with van der Waals surface area (Å²) in [4.78, 5) is 29.7. The van der Waals surface area contributed by atoms with Crippen LogP contribution in [0.5, 0.6) is 5.75 Å². The lowest BCUT2D eigenvalue weighted by atomic mass is 10.0. The quantitative estimate of drug-likeness (QED) is 0.301. The molecule has 8 nitrogen and oxygen atoms in total. The molecule has 8 heteroatoms. The zero-order valence-electron chi connectivity index (χ0n) is 21.8. The van der Waals surface area contributed by atoms with Crippen LogP contribution in [0, 0.1) is 6.92 Å². The van der Waals surface area contributed by atoms with Crippen molar-refractivity contribution in [3.8, 4) is 5.75 Å². The lowest BCUT2D eigenvalue weighted by Gasteiger charge is -2.32. The maximum Gasteiger partial charge on any atom is 0.249 e. The zero-order chi connectivity index (χ0) is 27.2. The number of hydrogen-bond acceptors (Lipinski definition) is 5. The van der Waals surface area contributed by atoms with Gasteiger partial charge in [-0.3, -0.25) is 14.5 Å². The molecule has 1 heterocycles. The standard InChI is InChI=1S/C31H29N5O3/c1-22-11-6-8-17-27(22)36(29(37)21-35-28-18-9-7-16-26(28)33-34-35)30(24-14-10-15-25(19-24)39-2)31(38)32-20-23-12-4-3-5-13-23/h3-19,30H,20-21H2,1-2H3,(H,32,38)/t30-/m1/s1. The van der Waals surface area contributed by atoms with Crippen molar-refractivity contribution in [3.63, 3.8) is 0 Å². The molecule has 0 saturated carbocycles. The summed E-state index contributed by atoms with van der Waals surface area (Å²) in [6.07, 6.45) is 0. The van der Waals surface area contributed by atoms with Crippen molar-refractivity contribution in [3.05, 3.63) is 120 Å². The van der Waals surface area contributed by atoms with Crippen molar-refractivity contribution in [1.82, 2.24) is 20.3 Å². The molecule has 2 amide bonds. The monoisotopic (exact) mass is 519 g/mol. The second kappa shape index (κ2) is 11.6. The molecule has 0 saturated heterocycles. The number of benzene rings is 4. The Morgan fingerprint density at radius 2 is 1.67 bits per heavy atom. The second-order valence-corrected chi connectivity index (χ2v) is 9.17. The predicted octanol–water partition coefficient (Wildman–Crippen LogP) is 4.84. The zero-order valence-corrected chi connectivity index (χ0v) is 21.8. The molecular formula is C31H29N5O3. The van der Waals surface area contributed by atoms with Crippen LogP contribution in [0.3, 0.4) is 0 Å². The van der Waals surface area contributed by atoms with E-state index in [1.165, 1.54) is 0 Å². The van der Waals surface area contributed by atoms with Crippen LogP contribution in [0.2, 0.25) is 0 Å². The van der Waals surface area contributed by atoms with E-state index >= 15 is 0 Å². The fraction of sp³-hybridized carbons (Fsp3) is 0.161. The number of ether oxygens (including phenoxy) is 1. The van der Waals surface area contributed by atoms with Gasteiger partial charge in [0.05, 0.1) is 12.6 Å². The Morgan fingerprint density at radius 1 is 0.923 bits per heavy atom. The third-order valence-electron chi connectivity index (χ3n) is 6.57. The molecule has 0 aliphatic heterocycles. The minimum Gasteiger partial charge on any atom is -0.497 e. The molecule has 4 aromatic carbocycles. The van der Waals surface area contributed by atoms with Crippen molar-refractivity contribution in [1.29, 1.82) is 0 Å². The predicted molar refractivity (Wildman–Crippen MR) is 150 cm³/mol. The molecule has 0 fully saturated rings. The molecule has 196 valence electrons. The van der Waals surface area contributed by atoms with E-state index in [9.17, 15) is 9.59 Å². The average Bonchev–Trinajstić information content (AvgIpc) is 3.38. The minimum atomic E-state index is -0.966. The van der Waals surface area contributed by atoms with Gasteiger partial charge in [-0.25, -0.2) is 4.68 Å². The van der Waals surface area contributed by atoms with Gasteiger partial charge >= 0.3 is 0 Å². The largest absolute Gasteiger partial charge is 0.497 e. The van der Waals surface area contributed by atoms with Gasteiger partial charge in [-0.15, -0.1) is 5.10 Å². The smallest absolute Gasteiger partial charge is 0.249 e. The molecule has 5 aromatic rings. The van der Waals surface area contributed by atoms with E-state index < -0.39 is 6.04 Å². The van der Waals surface area contributed by atoms with Gasteiger partial charge in [0, 0.05) is 12.2 Å². The molecule has 5 rings (SSSR count). The number of amides is 2. The molecule has 0 aliphatic carbocycles. The number of rotatable bonds is 9. The number of hydrogen-bond donors (Lipinski definition) is 1. The normalized spacial score (nSPS) is 11.6. The Kier molecular flexibility index (Phi) is 7.63. The lowest BCUT2D eigenvalue weighted by Crippen LogP contribution is -2.45. The number of carbonyl (C=O) groups excluding carboxylic acids is 2. The fourth-order valence-corrected chi connectivity index (χ4v) is 4.60. The first-order valence-corrected chi connectivity index (χ1v) is 12.7. The molecule has 0 spiro atoms. The van der Waals surface area contributed by atoms with Crippen LogP contribution in [0.25, 0.3) is 11.0 Å². The van der Waals surface area contributed by atoms with Gasteiger partial charge in [-0.05, 0) is 53.9 Å². The summed E-state index contributed by atoms with van der Waals surface area (Å²) >= 11 is 0. The third kappa shape index (κ3) is 5.65. The van der Waals surface area contributed by atoms with Gasteiger partial charge in [-0.2, -0.15) is 0 Å². The van der Waals surface area contributed by atoms with Crippen molar-refractivity contribution in [2.75, 3.05) is 12.0 Å². The van der Waals surface area contributed by atoms with Crippen LogP contribution >= 0.6 is 0 Å². The van der Waals surface area contributed by atoms with Gasteiger partial charge in [0.15, 0.2) is 0 Å². The first kappa shape index (κ1) is 25.7. The van der Waals surface area contributed by atoms with E-state index in [2.05, 4.69) is 15.6 Å². The summed E-state index contributed by atoms with van der Waals surface area (Å²) in [5.74, 6) is -0.0254. The van der Waals surface area contributed by atoms with Crippen LogP contribution in [0.1, 0.15) is 22.7 Å². The Hall–Kier alpha value is -4.98. The molecular weight excluding hydrogens is 490 g/mol. The molecule has 0 unspecified atom stereocenters. The highest BCUT2D eigenvalue weighted by molar-refractivity contribution is 6.02. The van der Waals surface area contributed by atoms with E-state index in [1.807, 2.05) is 104 Å². The van der Waals surface area contributed by atoms with Crippen molar-refractivity contribution < 1.29 is 14.3 Å². The number of anilines is 1. The van der Waals surface area contributed by atoms with E-state index in [0.29, 0.717) is 29.1 Å². The van der Waals surface area contributed by atoms with Gasteiger partial charge in [0.1, 0.15) is 23.9 Å². The highest BCUT2D eigenvalue weighted by Gasteiger charge is 2.34. The number of nitrogens with one attached hydrogen (secondary N) is 1. The van der Waals surface area contributed by atoms with Crippen LogP contribution in [-0.2, 0) is 22.7 Å². The molecule has 1 atom stereocenters. The number of aryl methyl sites for hydroxylation is 1. The molecule has 1 N–H and O–H groups in total. The maximum atomic E-state index is 14.2. The summed E-state index contributed by atoms with van der Waals surface area (Å²) in [5, 5.41) is 11.4. The Morgan fingerprint density at radius 3 is 2.46 bits per heavy atom. The van der Waals surface area contributed by atoms with Gasteiger partial charge in [-0.1, -0.05) is 78.0 Å². The number of fused-ring (bicyclic) bond motifs is 1. The topological polar surface area (TPSA) is 89.4 Å². The summed E-state index contributed by atoms with van der Waals surface area (Å²) in [6, 6.07) is 30.9.